The van der Waals surface area contributed by atoms with Gasteiger partial charge in [0.1, 0.15) is 5.69 Å². The van der Waals surface area contributed by atoms with Crippen LogP contribution in [0.25, 0.3) is 21.0 Å². The maximum absolute atomic E-state index is 8.46. The van der Waals surface area contributed by atoms with E-state index in [4.69, 9.17) is 5.53 Å². The summed E-state index contributed by atoms with van der Waals surface area (Å²) in [6, 6.07) is 4.04. The molecule has 1 aliphatic rings. The molecule has 3 rings (SSSR count). The summed E-state index contributed by atoms with van der Waals surface area (Å²) < 4.78 is 0. The molecule has 2 aromatic heterocycles. The quantitative estimate of drug-likeness (QED) is 0.496. The van der Waals surface area contributed by atoms with E-state index >= 15 is 0 Å². The van der Waals surface area contributed by atoms with E-state index in [1.54, 1.807) is 11.3 Å². The van der Waals surface area contributed by atoms with Gasteiger partial charge in [0.2, 0.25) is 0 Å². The van der Waals surface area contributed by atoms with Gasteiger partial charge < -0.3 is 0 Å². The third-order valence-electron chi connectivity index (χ3n) is 2.93. The Morgan fingerprint density at radius 3 is 3.12 bits per heavy atom. The number of nitrogens with one attached hydrogen (secondary N) is 1. The van der Waals surface area contributed by atoms with E-state index in [0.29, 0.717) is 12.5 Å². The van der Waals surface area contributed by atoms with Gasteiger partial charge in [0.15, 0.2) is 0 Å². The van der Waals surface area contributed by atoms with Crippen molar-refractivity contribution in [1.29, 1.82) is 0 Å². The summed E-state index contributed by atoms with van der Waals surface area (Å²) >= 11 is 1.65. The second kappa shape index (κ2) is 4.24. The van der Waals surface area contributed by atoms with Crippen molar-refractivity contribution in [2.24, 2.45) is 5.11 Å². The lowest BCUT2D eigenvalue weighted by Gasteiger charge is -1.99. The molecule has 0 spiro atoms. The van der Waals surface area contributed by atoms with E-state index in [2.05, 4.69) is 20.2 Å². The van der Waals surface area contributed by atoms with Gasteiger partial charge in [-0.05, 0) is 29.8 Å². The average molecular weight is 245 g/mol. The van der Waals surface area contributed by atoms with E-state index in [9.17, 15) is 0 Å². The SMILES string of the molecule is [N-]=[N+]=NCc1c(-c2cccs2)n[nH]c1C1CC1. The Hall–Kier alpha value is -1.78. The third-order valence-corrected chi connectivity index (χ3v) is 3.81. The summed E-state index contributed by atoms with van der Waals surface area (Å²) in [5.41, 5.74) is 11.6. The summed E-state index contributed by atoms with van der Waals surface area (Å²) in [5, 5.41) is 13.2. The minimum atomic E-state index is 0.381. The number of rotatable bonds is 4. The molecule has 1 aliphatic carbocycles. The number of aromatic nitrogens is 2. The zero-order chi connectivity index (χ0) is 11.7. The van der Waals surface area contributed by atoms with Gasteiger partial charge in [-0.3, -0.25) is 5.10 Å². The predicted octanol–water partition coefficient (Wildman–Crippen LogP) is 3.83. The van der Waals surface area contributed by atoms with Crippen LogP contribution in [-0.2, 0) is 6.54 Å². The monoisotopic (exact) mass is 245 g/mol. The lowest BCUT2D eigenvalue weighted by Crippen LogP contribution is -1.88. The molecule has 17 heavy (non-hydrogen) atoms. The first-order valence-electron chi connectivity index (χ1n) is 5.52. The van der Waals surface area contributed by atoms with Crippen molar-refractivity contribution in [3.05, 3.63) is 39.2 Å². The topological polar surface area (TPSA) is 77.4 Å². The molecular formula is C11H11N5S. The Balaban J connectivity index is 2.05. The summed E-state index contributed by atoms with van der Waals surface area (Å²) in [4.78, 5) is 3.96. The first-order valence-corrected chi connectivity index (χ1v) is 6.40. The fourth-order valence-corrected chi connectivity index (χ4v) is 2.71. The minimum Gasteiger partial charge on any atom is -0.281 e. The number of H-pyrrole nitrogens is 1. The molecule has 6 heteroatoms. The number of nitrogens with zero attached hydrogens (tertiary/aromatic N) is 4. The van der Waals surface area contributed by atoms with Crippen molar-refractivity contribution in [3.63, 3.8) is 0 Å². The normalized spacial score (nSPS) is 14.6. The molecule has 5 nitrogen and oxygen atoms in total. The lowest BCUT2D eigenvalue weighted by molar-refractivity contribution is 0.935. The number of aromatic amines is 1. The van der Waals surface area contributed by atoms with Crippen LogP contribution in [0.3, 0.4) is 0 Å². The van der Waals surface area contributed by atoms with E-state index in [-0.39, 0.29) is 0 Å². The second-order valence-corrected chi connectivity index (χ2v) is 5.05. The van der Waals surface area contributed by atoms with Gasteiger partial charge >= 0.3 is 0 Å². The van der Waals surface area contributed by atoms with Gasteiger partial charge in [-0.15, -0.1) is 11.3 Å². The Bertz CT molecular complexity index is 561. The van der Waals surface area contributed by atoms with Crippen molar-refractivity contribution in [2.75, 3.05) is 0 Å². The average Bonchev–Trinajstić information content (AvgIpc) is 2.91. The molecule has 0 saturated heterocycles. The van der Waals surface area contributed by atoms with Crippen LogP contribution in [0.15, 0.2) is 22.6 Å². The minimum absolute atomic E-state index is 0.381. The molecule has 2 heterocycles. The van der Waals surface area contributed by atoms with Crippen LogP contribution in [0.4, 0.5) is 0 Å². The highest BCUT2D eigenvalue weighted by Gasteiger charge is 2.29. The molecule has 0 aromatic carbocycles. The van der Waals surface area contributed by atoms with Crippen LogP contribution in [0.5, 0.6) is 0 Å². The number of azide groups is 1. The van der Waals surface area contributed by atoms with Gasteiger partial charge in [-0.25, -0.2) is 0 Å². The van der Waals surface area contributed by atoms with Gasteiger partial charge in [-0.2, -0.15) is 5.10 Å². The molecule has 0 atom stereocenters. The summed E-state index contributed by atoms with van der Waals surface area (Å²) in [6.07, 6.45) is 2.41. The van der Waals surface area contributed by atoms with E-state index in [1.165, 1.54) is 12.8 Å². The van der Waals surface area contributed by atoms with Gasteiger partial charge in [0.05, 0.1) is 11.4 Å². The van der Waals surface area contributed by atoms with Crippen LogP contribution >= 0.6 is 11.3 Å². The van der Waals surface area contributed by atoms with Crippen molar-refractivity contribution in [1.82, 2.24) is 10.2 Å². The summed E-state index contributed by atoms with van der Waals surface area (Å²) in [5.74, 6) is 0.583. The van der Waals surface area contributed by atoms with E-state index in [0.717, 1.165) is 21.8 Å². The van der Waals surface area contributed by atoms with Crippen molar-refractivity contribution in [3.8, 4) is 10.6 Å². The zero-order valence-corrected chi connectivity index (χ0v) is 9.94. The molecule has 0 unspecified atom stereocenters. The molecular weight excluding hydrogens is 234 g/mol. The highest BCUT2D eigenvalue weighted by Crippen LogP contribution is 2.43. The van der Waals surface area contributed by atoms with Crippen molar-refractivity contribution < 1.29 is 0 Å². The largest absolute Gasteiger partial charge is 0.281 e. The fourth-order valence-electron chi connectivity index (χ4n) is 1.97. The molecule has 0 amide bonds. The van der Waals surface area contributed by atoms with Crippen LogP contribution < -0.4 is 0 Å². The number of thiophene rings is 1. The molecule has 0 radical (unpaired) electrons. The Morgan fingerprint density at radius 1 is 1.59 bits per heavy atom. The zero-order valence-electron chi connectivity index (χ0n) is 9.13. The Morgan fingerprint density at radius 2 is 2.47 bits per heavy atom. The molecule has 0 aliphatic heterocycles. The van der Waals surface area contributed by atoms with Crippen LogP contribution in [0, 0.1) is 0 Å². The fraction of sp³-hybridized carbons (Fsp3) is 0.364. The van der Waals surface area contributed by atoms with Crippen molar-refractivity contribution >= 4 is 11.3 Å². The molecule has 1 N–H and O–H groups in total. The predicted molar refractivity (Wildman–Crippen MR) is 66.7 cm³/mol. The number of hydrogen-bond acceptors (Lipinski definition) is 3. The first kappa shape index (κ1) is 10.4. The lowest BCUT2D eigenvalue weighted by atomic mass is 10.1. The summed E-state index contributed by atoms with van der Waals surface area (Å²) in [7, 11) is 0. The number of hydrogen-bond donors (Lipinski definition) is 1. The van der Waals surface area contributed by atoms with Crippen LogP contribution in [-0.4, -0.2) is 10.2 Å². The first-order chi connectivity index (χ1) is 8.40. The highest BCUT2D eigenvalue weighted by molar-refractivity contribution is 7.13. The van der Waals surface area contributed by atoms with E-state index < -0.39 is 0 Å². The molecule has 86 valence electrons. The molecule has 1 fully saturated rings. The molecule has 1 saturated carbocycles. The second-order valence-electron chi connectivity index (χ2n) is 4.10. The Kier molecular flexibility index (Phi) is 2.59. The maximum atomic E-state index is 8.46. The van der Waals surface area contributed by atoms with Crippen LogP contribution in [0.1, 0.15) is 30.0 Å². The molecule has 2 aromatic rings. The Labute approximate surface area is 102 Å². The standard InChI is InChI=1S/C11H11N5S/c12-16-13-6-8-10(7-3-4-7)14-15-11(8)9-2-1-5-17-9/h1-2,5,7H,3-4,6H2,(H,14,15). The maximum Gasteiger partial charge on any atom is 0.106 e. The van der Waals surface area contributed by atoms with Gasteiger partial charge in [-0.1, -0.05) is 11.2 Å². The van der Waals surface area contributed by atoms with E-state index in [1.807, 2.05) is 17.5 Å². The smallest absolute Gasteiger partial charge is 0.106 e. The van der Waals surface area contributed by atoms with Crippen LogP contribution in [0.2, 0.25) is 0 Å². The van der Waals surface area contributed by atoms with Gasteiger partial charge in [0.25, 0.3) is 0 Å². The summed E-state index contributed by atoms with van der Waals surface area (Å²) in [6.45, 7) is 0.381. The van der Waals surface area contributed by atoms with Gasteiger partial charge in [0, 0.05) is 22.1 Å². The highest BCUT2D eigenvalue weighted by atomic mass is 32.1. The molecule has 0 bridgehead atoms. The van der Waals surface area contributed by atoms with Crippen molar-refractivity contribution in [2.45, 2.75) is 25.3 Å². The third kappa shape index (κ3) is 1.92.